The first kappa shape index (κ1) is 14.3. The van der Waals surface area contributed by atoms with Gasteiger partial charge in [0.15, 0.2) is 0 Å². The first-order chi connectivity index (χ1) is 10.2. The number of nitrogens with one attached hydrogen (secondary N) is 2. The van der Waals surface area contributed by atoms with Gasteiger partial charge in [-0.1, -0.05) is 6.07 Å². The Morgan fingerprint density at radius 1 is 1.24 bits per heavy atom. The van der Waals surface area contributed by atoms with E-state index in [0.29, 0.717) is 11.7 Å². The van der Waals surface area contributed by atoms with E-state index in [-0.39, 0.29) is 11.8 Å². The van der Waals surface area contributed by atoms with Gasteiger partial charge in [0.1, 0.15) is 5.82 Å². The molecule has 2 aliphatic rings. The number of nitrogens with zero attached hydrogens (tertiary/aromatic N) is 1. The second kappa shape index (κ2) is 6.43. The van der Waals surface area contributed by atoms with Crippen LogP contribution in [0.15, 0.2) is 24.3 Å². The summed E-state index contributed by atoms with van der Waals surface area (Å²) in [5.41, 5.74) is 0.508. The van der Waals surface area contributed by atoms with Gasteiger partial charge in [-0.2, -0.15) is 0 Å². The normalized spacial score (nSPS) is 19.6. The molecule has 1 saturated heterocycles. The molecule has 2 amide bonds. The van der Waals surface area contributed by atoms with Crippen molar-refractivity contribution in [2.45, 2.75) is 31.7 Å². The number of carbonyl (C=O) groups excluding carboxylic acids is 1. The summed E-state index contributed by atoms with van der Waals surface area (Å²) in [7, 11) is 0. The SMILES string of the molecule is O=C(Nc1cccc(F)c1)N1CCC(NCC2CC2)CC1. The second-order valence-electron chi connectivity index (χ2n) is 6.05. The summed E-state index contributed by atoms with van der Waals surface area (Å²) >= 11 is 0. The van der Waals surface area contributed by atoms with Gasteiger partial charge in [0.2, 0.25) is 0 Å². The zero-order valence-electron chi connectivity index (χ0n) is 12.1. The number of carbonyl (C=O) groups is 1. The molecule has 1 aliphatic carbocycles. The maximum Gasteiger partial charge on any atom is 0.321 e. The monoisotopic (exact) mass is 291 g/mol. The Morgan fingerprint density at radius 2 is 2.00 bits per heavy atom. The lowest BCUT2D eigenvalue weighted by Crippen LogP contribution is -2.46. The molecule has 1 saturated carbocycles. The van der Waals surface area contributed by atoms with Gasteiger partial charge >= 0.3 is 6.03 Å². The average molecular weight is 291 g/mol. The third-order valence-electron chi connectivity index (χ3n) is 4.25. The molecule has 1 aromatic carbocycles. The first-order valence-electron chi connectivity index (χ1n) is 7.75. The predicted octanol–water partition coefficient (Wildman–Crippen LogP) is 2.82. The van der Waals surface area contributed by atoms with Crippen molar-refractivity contribution in [3.05, 3.63) is 30.1 Å². The van der Waals surface area contributed by atoms with Crippen LogP contribution in [0.25, 0.3) is 0 Å². The molecule has 0 atom stereocenters. The van der Waals surface area contributed by atoms with Crippen LogP contribution < -0.4 is 10.6 Å². The molecule has 21 heavy (non-hydrogen) atoms. The highest BCUT2D eigenvalue weighted by Crippen LogP contribution is 2.28. The summed E-state index contributed by atoms with van der Waals surface area (Å²) in [5.74, 6) is 0.551. The average Bonchev–Trinajstić information content (AvgIpc) is 3.30. The molecule has 2 N–H and O–H groups in total. The molecule has 0 unspecified atom stereocenters. The maximum absolute atomic E-state index is 13.1. The van der Waals surface area contributed by atoms with Crippen LogP contribution >= 0.6 is 0 Å². The fourth-order valence-electron chi connectivity index (χ4n) is 2.71. The van der Waals surface area contributed by atoms with Gasteiger partial charge in [0.25, 0.3) is 0 Å². The minimum absolute atomic E-state index is 0.138. The number of anilines is 1. The summed E-state index contributed by atoms with van der Waals surface area (Å²) in [6.45, 7) is 2.63. The van der Waals surface area contributed by atoms with Crippen LogP contribution in [0.2, 0.25) is 0 Å². The van der Waals surface area contributed by atoms with Crippen LogP contribution in [0.3, 0.4) is 0 Å². The van der Waals surface area contributed by atoms with E-state index in [1.807, 2.05) is 0 Å². The number of rotatable bonds is 4. The fraction of sp³-hybridized carbons (Fsp3) is 0.562. The van der Waals surface area contributed by atoms with E-state index in [2.05, 4.69) is 10.6 Å². The number of amides is 2. The van der Waals surface area contributed by atoms with Gasteiger partial charge < -0.3 is 15.5 Å². The molecule has 1 aromatic rings. The quantitative estimate of drug-likeness (QED) is 0.896. The number of hydrogen-bond donors (Lipinski definition) is 2. The molecule has 1 aliphatic heterocycles. The van der Waals surface area contributed by atoms with Crippen molar-refractivity contribution in [2.75, 3.05) is 25.0 Å². The molecule has 114 valence electrons. The zero-order chi connectivity index (χ0) is 14.7. The highest BCUT2D eigenvalue weighted by molar-refractivity contribution is 5.89. The summed E-state index contributed by atoms with van der Waals surface area (Å²) in [4.78, 5) is 13.9. The Bertz CT molecular complexity index is 496. The predicted molar refractivity (Wildman–Crippen MR) is 80.7 cm³/mol. The zero-order valence-corrected chi connectivity index (χ0v) is 12.1. The van der Waals surface area contributed by atoms with Gasteiger partial charge in [-0.25, -0.2) is 9.18 Å². The second-order valence-corrected chi connectivity index (χ2v) is 6.05. The summed E-state index contributed by atoms with van der Waals surface area (Å²) in [5, 5.41) is 6.35. The van der Waals surface area contributed by atoms with E-state index >= 15 is 0 Å². The lowest BCUT2D eigenvalue weighted by Gasteiger charge is -2.32. The van der Waals surface area contributed by atoms with E-state index in [9.17, 15) is 9.18 Å². The van der Waals surface area contributed by atoms with E-state index in [1.165, 1.54) is 25.0 Å². The molecule has 4 nitrogen and oxygen atoms in total. The maximum atomic E-state index is 13.1. The molecule has 5 heteroatoms. The topological polar surface area (TPSA) is 44.4 Å². The number of urea groups is 1. The minimum atomic E-state index is -0.337. The molecule has 0 radical (unpaired) electrons. The van der Waals surface area contributed by atoms with Gasteiger partial charge in [-0.3, -0.25) is 0 Å². The number of likely N-dealkylation sites (tertiary alicyclic amines) is 1. The standard InChI is InChI=1S/C16H22FN3O/c17-13-2-1-3-15(10-13)19-16(21)20-8-6-14(7-9-20)18-11-12-4-5-12/h1-3,10,12,14,18H,4-9,11H2,(H,19,21). The number of piperidine rings is 1. The van der Waals surface area contributed by atoms with Crippen LogP contribution in [0.1, 0.15) is 25.7 Å². The van der Waals surface area contributed by atoms with Crippen LogP contribution in [0.5, 0.6) is 0 Å². The third kappa shape index (κ3) is 4.17. The summed E-state index contributed by atoms with van der Waals surface area (Å²) in [6.07, 6.45) is 4.70. The first-order valence-corrected chi connectivity index (χ1v) is 7.75. The number of benzene rings is 1. The van der Waals surface area contributed by atoms with Crippen LogP contribution in [-0.2, 0) is 0 Å². The molecule has 0 aromatic heterocycles. The lowest BCUT2D eigenvalue weighted by atomic mass is 10.1. The minimum Gasteiger partial charge on any atom is -0.324 e. The van der Waals surface area contributed by atoms with Crippen molar-refractivity contribution in [2.24, 2.45) is 5.92 Å². The van der Waals surface area contributed by atoms with Gasteiger partial charge in [-0.15, -0.1) is 0 Å². The van der Waals surface area contributed by atoms with Crippen LogP contribution in [0, 0.1) is 11.7 Å². The van der Waals surface area contributed by atoms with Crippen molar-refractivity contribution in [3.63, 3.8) is 0 Å². The molecule has 2 fully saturated rings. The largest absolute Gasteiger partial charge is 0.324 e. The van der Waals surface area contributed by atoms with Crippen molar-refractivity contribution in [1.29, 1.82) is 0 Å². The van der Waals surface area contributed by atoms with Crippen LogP contribution in [-0.4, -0.2) is 36.6 Å². The number of hydrogen-bond acceptors (Lipinski definition) is 2. The van der Waals surface area contributed by atoms with E-state index in [1.54, 1.807) is 17.0 Å². The van der Waals surface area contributed by atoms with Gasteiger partial charge in [0.05, 0.1) is 0 Å². The molecule has 0 bridgehead atoms. The van der Waals surface area contributed by atoms with Crippen molar-refractivity contribution in [1.82, 2.24) is 10.2 Å². The fourth-order valence-corrected chi connectivity index (χ4v) is 2.71. The lowest BCUT2D eigenvalue weighted by molar-refractivity contribution is 0.189. The Hall–Kier alpha value is -1.62. The molecular formula is C16H22FN3O. The summed E-state index contributed by atoms with van der Waals surface area (Å²) < 4.78 is 13.1. The molecule has 3 rings (SSSR count). The highest BCUT2D eigenvalue weighted by Gasteiger charge is 2.25. The molecule has 1 heterocycles. The van der Waals surface area contributed by atoms with Crippen molar-refractivity contribution < 1.29 is 9.18 Å². The highest BCUT2D eigenvalue weighted by atomic mass is 19.1. The van der Waals surface area contributed by atoms with E-state index in [4.69, 9.17) is 0 Å². The van der Waals surface area contributed by atoms with Crippen LogP contribution in [0.4, 0.5) is 14.9 Å². The third-order valence-corrected chi connectivity index (χ3v) is 4.25. The van der Waals surface area contributed by atoms with E-state index < -0.39 is 0 Å². The Labute approximate surface area is 124 Å². The smallest absolute Gasteiger partial charge is 0.321 e. The molecule has 0 spiro atoms. The summed E-state index contributed by atoms with van der Waals surface area (Å²) in [6, 6.07) is 6.39. The number of halogens is 1. The van der Waals surface area contributed by atoms with Crippen molar-refractivity contribution >= 4 is 11.7 Å². The van der Waals surface area contributed by atoms with E-state index in [0.717, 1.165) is 38.4 Å². The Kier molecular flexibility index (Phi) is 4.39. The van der Waals surface area contributed by atoms with Crippen molar-refractivity contribution in [3.8, 4) is 0 Å². The Balaban J connectivity index is 1.43. The molecular weight excluding hydrogens is 269 g/mol. The van der Waals surface area contributed by atoms with Gasteiger partial charge in [-0.05, 0) is 56.3 Å². The Morgan fingerprint density at radius 3 is 2.67 bits per heavy atom. The van der Waals surface area contributed by atoms with Gasteiger partial charge in [0, 0.05) is 24.8 Å².